The van der Waals surface area contributed by atoms with Crippen molar-refractivity contribution in [2.24, 2.45) is 10.4 Å². The van der Waals surface area contributed by atoms with Crippen molar-refractivity contribution in [2.75, 3.05) is 67.1 Å². The van der Waals surface area contributed by atoms with Gasteiger partial charge in [-0.2, -0.15) is 0 Å². The summed E-state index contributed by atoms with van der Waals surface area (Å²) in [7, 11) is 5.47. The van der Waals surface area contributed by atoms with Gasteiger partial charge >= 0.3 is 0 Å². The van der Waals surface area contributed by atoms with Crippen LogP contribution in [0.1, 0.15) is 25.7 Å². The number of halogens is 1. The summed E-state index contributed by atoms with van der Waals surface area (Å²) < 4.78 is 5.36. The summed E-state index contributed by atoms with van der Waals surface area (Å²) in [6, 6.07) is 0. The zero-order chi connectivity index (χ0) is 17.4. The molecule has 0 aromatic carbocycles. The van der Waals surface area contributed by atoms with Gasteiger partial charge in [-0.1, -0.05) is 12.8 Å². The predicted molar refractivity (Wildman–Crippen MR) is 112 cm³/mol. The van der Waals surface area contributed by atoms with Gasteiger partial charge in [-0.3, -0.25) is 14.7 Å². The first-order chi connectivity index (χ1) is 11.6. The number of nitrogens with one attached hydrogen (secondary N) is 2. The Balaban J connectivity index is 0.00000312. The van der Waals surface area contributed by atoms with Crippen LogP contribution >= 0.6 is 24.0 Å². The zero-order valence-corrected chi connectivity index (χ0v) is 18.2. The largest absolute Gasteiger partial charge is 0.379 e. The van der Waals surface area contributed by atoms with Crippen LogP contribution in [0.3, 0.4) is 0 Å². The summed E-state index contributed by atoms with van der Waals surface area (Å²) in [6.45, 7) is 6.11. The fourth-order valence-electron chi connectivity index (χ4n) is 3.62. The minimum Gasteiger partial charge on any atom is -0.379 e. The molecular formula is C17H34IN5O2. The fourth-order valence-corrected chi connectivity index (χ4v) is 3.62. The third-order valence-electron chi connectivity index (χ3n) is 5.06. The number of ether oxygens (including phenoxy) is 1. The molecule has 1 aliphatic heterocycles. The number of rotatable bonds is 6. The monoisotopic (exact) mass is 467 g/mol. The van der Waals surface area contributed by atoms with E-state index in [1.54, 1.807) is 11.9 Å². The highest BCUT2D eigenvalue weighted by Gasteiger charge is 2.42. The summed E-state index contributed by atoms with van der Waals surface area (Å²) in [5, 5.41) is 6.73. The molecule has 7 nitrogen and oxygen atoms in total. The number of amides is 1. The first kappa shape index (κ1) is 22.4. The van der Waals surface area contributed by atoms with E-state index in [9.17, 15) is 4.79 Å². The van der Waals surface area contributed by atoms with Gasteiger partial charge < -0.3 is 20.3 Å². The Labute approximate surface area is 169 Å². The first-order valence-corrected chi connectivity index (χ1v) is 9.04. The number of nitrogens with zero attached hydrogens (tertiary/aromatic N) is 3. The van der Waals surface area contributed by atoms with Crippen molar-refractivity contribution in [1.29, 1.82) is 0 Å². The lowest BCUT2D eigenvalue weighted by molar-refractivity contribution is -0.138. The van der Waals surface area contributed by atoms with Gasteiger partial charge in [0.05, 0.1) is 18.6 Å². The molecule has 1 heterocycles. The van der Waals surface area contributed by atoms with Crippen molar-refractivity contribution in [3.05, 3.63) is 0 Å². The molecule has 2 fully saturated rings. The zero-order valence-electron chi connectivity index (χ0n) is 15.8. The first-order valence-electron chi connectivity index (χ1n) is 9.04. The second-order valence-corrected chi connectivity index (χ2v) is 6.99. The molecule has 8 heteroatoms. The van der Waals surface area contributed by atoms with E-state index in [1.807, 2.05) is 14.1 Å². The van der Waals surface area contributed by atoms with Crippen LogP contribution < -0.4 is 10.6 Å². The topological polar surface area (TPSA) is 69.2 Å². The normalized spacial score (nSPS) is 20.7. The standard InChI is InChI=1S/C17H33N5O2.HI/c1-18-16(19-8-9-22-10-12-24-13-11-22)20-14-17(6-4-5-7-17)15(23)21(2)3;/h4-14H2,1-3H3,(H2,18,19,20);1H. The van der Waals surface area contributed by atoms with Crippen LogP contribution in [0.5, 0.6) is 0 Å². The Bertz CT molecular complexity index is 433. The second-order valence-electron chi connectivity index (χ2n) is 6.99. The van der Waals surface area contributed by atoms with Crippen molar-refractivity contribution in [1.82, 2.24) is 20.4 Å². The lowest BCUT2D eigenvalue weighted by Gasteiger charge is -2.31. The molecule has 146 valence electrons. The minimum atomic E-state index is -0.272. The molecular weight excluding hydrogens is 433 g/mol. The molecule has 2 aliphatic rings. The van der Waals surface area contributed by atoms with Crippen LogP contribution in [0, 0.1) is 5.41 Å². The van der Waals surface area contributed by atoms with Gasteiger partial charge in [-0.15, -0.1) is 24.0 Å². The summed E-state index contributed by atoms with van der Waals surface area (Å²) in [5.74, 6) is 1.01. The molecule has 2 N–H and O–H groups in total. The van der Waals surface area contributed by atoms with Gasteiger partial charge in [0.2, 0.25) is 5.91 Å². The van der Waals surface area contributed by atoms with Crippen molar-refractivity contribution < 1.29 is 9.53 Å². The van der Waals surface area contributed by atoms with Gasteiger partial charge in [0.25, 0.3) is 0 Å². The van der Waals surface area contributed by atoms with Gasteiger partial charge in [0.15, 0.2) is 5.96 Å². The highest BCUT2D eigenvalue weighted by atomic mass is 127. The van der Waals surface area contributed by atoms with Gasteiger partial charge in [0.1, 0.15) is 0 Å². The SMILES string of the molecule is CN=C(NCCN1CCOCC1)NCC1(C(=O)N(C)C)CCCC1.I. The summed E-state index contributed by atoms with van der Waals surface area (Å²) in [5.41, 5.74) is -0.272. The van der Waals surface area contributed by atoms with Crippen molar-refractivity contribution in [3.8, 4) is 0 Å². The lowest BCUT2D eigenvalue weighted by atomic mass is 9.84. The van der Waals surface area contributed by atoms with Gasteiger partial charge in [0, 0.05) is 53.9 Å². The Morgan fingerprint density at radius 3 is 2.40 bits per heavy atom. The maximum atomic E-state index is 12.6. The molecule has 0 atom stereocenters. The predicted octanol–water partition coefficient (Wildman–Crippen LogP) is 0.750. The van der Waals surface area contributed by atoms with Crippen LogP contribution in [0.15, 0.2) is 4.99 Å². The van der Waals surface area contributed by atoms with E-state index < -0.39 is 0 Å². The average Bonchev–Trinajstić information content (AvgIpc) is 3.08. The van der Waals surface area contributed by atoms with Crippen molar-refractivity contribution >= 4 is 35.8 Å². The van der Waals surface area contributed by atoms with E-state index in [0.717, 1.165) is 71.0 Å². The van der Waals surface area contributed by atoms with Crippen molar-refractivity contribution in [3.63, 3.8) is 0 Å². The number of carbonyl (C=O) groups excluding carboxylic acids is 1. The highest BCUT2D eigenvalue weighted by molar-refractivity contribution is 14.0. The van der Waals surface area contributed by atoms with E-state index in [4.69, 9.17) is 4.74 Å². The van der Waals surface area contributed by atoms with E-state index >= 15 is 0 Å². The maximum absolute atomic E-state index is 12.6. The Morgan fingerprint density at radius 1 is 1.20 bits per heavy atom. The van der Waals surface area contributed by atoms with Crippen LogP contribution in [0.25, 0.3) is 0 Å². The molecule has 25 heavy (non-hydrogen) atoms. The summed E-state index contributed by atoms with van der Waals surface area (Å²) in [6.07, 6.45) is 4.18. The highest BCUT2D eigenvalue weighted by Crippen LogP contribution is 2.38. The molecule has 0 aromatic heterocycles. The van der Waals surface area contributed by atoms with E-state index in [0.29, 0.717) is 6.54 Å². The molecule has 2 rings (SSSR count). The Hall–Kier alpha value is -0.610. The number of hydrogen-bond acceptors (Lipinski definition) is 4. The van der Waals surface area contributed by atoms with Gasteiger partial charge in [-0.25, -0.2) is 0 Å². The molecule has 0 bridgehead atoms. The number of aliphatic imine (C=N–C) groups is 1. The quantitative estimate of drug-likeness (QED) is 0.343. The number of carbonyl (C=O) groups is 1. The lowest BCUT2D eigenvalue weighted by Crippen LogP contribution is -2.50. The summed E-state index contributed by atoms with van der Waals surface area (Å²) >= 11 is 0. The molecule has 0 spiro atoms. The molecule has 1 aliphatic carbocycles. The summed E-state index contributed by atoms with van der Waals surface area (Å²) in [4.78, 5) is 21.0. The van der Waals surface area contributed by atoms with Crippen LogP contribution in [-0.4, -0.2) is 88.7 Å². The van der Waals surface area contributed by atoms with E-state index in [1.165, 1.54) is 0 Å². The van der Waals surface area contributed by atoms with Crippen LogP contribution in [0.2, 0.25) is 0 Å². The molecule has 0 aromatic rings. The number of hydrogen-bond donors (Lipinski definition) is 2. The second kappa shape index (κ2) is 11.2. The molecule has 1 saturated carbocycles. The smallest absolute Gasteiger partial charge is 0.230 e. The third kappa shape index (κ3) is 6.56. The molecule has 0 radical (unpaired) electrons. The maximum Gasteiger partial charge on any atom is 0.230 e. The molecule has 0 unspecified atom stereocenters. The van der Waals surface area contributed by atoms with Gasteiger partial charge in [-0.05, 0) is 12.8 Å². The number of morpholine rings is 1. The van der Waals surface area contributed by atoms with E-state index in [-0.39, 0.29) is 35.3 Å². The average molecular weight is 467 g/mol. The Kier molecular flexibility index (Phi) is 10.0. The van der Waals surface area contributed by atoms with E-state index in [2.05, 4.69) is 20.5 Å². The minimum absolute atomic E-state index is 0. The Morgan fingerprint density at radius 2 is 1.84 bits per heavy atom. The van der Waals surface area contributed by atoms with Crippen LogP contribution in [-0.2, 0) is 9.53 Å². The third-order valence-corrected chi connectivity index (χ3v) is 5.06. The van der Waals surface area contributed by atoms with Crippen molar-refractivity contribution in [2.45, 2.75) is 25.7 Å². The fraction of sp³-hybridized carbons (Fsp3) is 0.882. The number of guanidine groups is 1. The molecule has 1 saturated heterocycles. The van der Waals surface area contributed by atoms with Crippen LogP contribution in [0.4, 0.5) is 0 Å². The molecule has 1 amide bonds.